The Bertz CT molecular complexity index is 1030. The number of rotatable bonds is 5. The normalized spacial score (nSPS) is 11.7. The molecule has 0 bridgehead atoms. The predicted octanol–water partition coefficient (Wildman–Crippen LogP) is 5.11. The lowest BCUT2D eigenvalue weighted by Gasteiger charge is -2.12. The molecule has 1 aromatic carbocycles. The van der Waals surface area contributed by atoms with Gasteiger partial charge in [-0.15, -0.1) is 11.3 Å². The largest absolute Gasteiger partial charge is 0.368 e. The molecule has 0 amide bonds. The molecule has 0 fully saturated rings. The van der Waals surface area contributed by atoms with Crippen LogP contribution in [-0.2, 0) is 0 Å². The van der Waals surface area contributed by atoms with E-state index in [0.29, 0.717) is 0 Å². The van der Waals surface area contributed by atoms with Crippen molar-refractivity contribution in [3.8, 4) is 11.4 Å². The summed E-state index contributed by atoms with van der Waals surface area (Å²) in [6, 6.07) is 8.72. The smallest absolute Gasteiger partial charge is 0.166 e. The van der Waals surface area contributed by atoms with Crippen molar-refractivity contribution in [3.05, 3.63) is 36.0 Å². The monoisotopic (exact) mass is 351 g/mol. The number of nitrogens with zero attached hydrogens (tertiary/aromatic N) is 4. The summed E-state index contributed by atoms with van der Waals surface area (Å²) in [5, 5.41) is 6.80. The average Bonchev–Trinajstić information content (AvgIpc) is 3.21. The maximum absolute atomic E-state index is 4.96. The second kappa shape index (κ2) is 6.44. The molecule has 0 saturated heterocycles. The van der Waals surface area contributed by atoms with Crippen LogP contribution in [0.3, 0.4) is 0 Å². The summed E-state index contributed by atoms with van der Waals surface area (Å²) in [5.41, 5.74) is 2.89. The Morgan fingerprint density at radius 3 is 2.84 bits per heavy atom. The highest BCUT2D eigenvalue weighted by Gasteiger charge is 2.20. The van der Waals surface area contributed by atoms with Gasteiger partial charge in [0.25, 0.3) is 0 Å². The lowest BCUT2D eigenvalue weighted by molar-refractivity contribution is 0.620. The molecule has 3 heterocycles. The molecule has 0 aliphatic heterocycles. The molecule has 0 aliphatic rings. The van der Waals surface area contributed by atoms with Crippen molar-refractivity contribution >= 4 is 38.4 Å². The zero-order valence-electron chi connectivity index (χ0n) is 14.7. The summed E-state index contributed by atoms with van der Waals surface area (Å²) >= 11 is 1.75. The second-order valence-corrected chi connectivity index (χ2v) is 7.28. The van der Waals surface area contributed by atoms with Crippen LogP contribution >= 0.6 is 11.3 Å². The zero-order chi connectivity index (χ0) is 17.4. The van der Waals surface area contributed by atoms with Crippen LogP contribution in [-0.4, -0.2) is 26.1 Å². The van der Waals surface area contributed by atoms with Crippen LogP contribution in [0.15, 0.2) is 36.0 Å². The van der Waals surface area contributed by atoms with Gasteiger partial charge >= 0.3 is 0 Å². The lowest BCUT2D eigenvalue weighted by atomic mass is 10.1. The molecule has 5 nitrogen and oxygen atoms in total. The zero-order valence-corrected chi connectivity index (χ0v) is 15.5. The van der Waals surface area contributed by atoms with Gasteiger partial charge in [-0.25, -0.2) is 15.0 Å². The number of thiophene rings is 1. The van der Waals surface area contributed by atoms with Gasteiger partial charge in [-0.2, -0.15) is 0 Å². The van der Waals surface area contributed by atoms with E-state index in [1.807, 2.05) is 0 Å². The highest BCUT2D eigenvalue weighted by molar-refractivity contribution is 7.17. The third-order valence-electron chi connectivity index (χ3n) is 4.26. The van der Waals surface area contributed by atoms with Crippen LogP contribution in [0.25, 0.3) is 32.6 Å². The van der Waals surface area contributed by atoms with Gasteiger partial charge in [0.05, 0.1) is 0 Å². The van der Waals surface area contributed by atoms with E-state index in [0.717, 1.165) is 41.3 Å². The molecule has 4 rings (SSSR count). The highest BCUT2D eigenvalue weighted by atomic mass is 32.1. The summed E-state index contributed by atoms with van der Waals surface area (Å²) in [5.74, 6) is 1.77. The minimum Gasteiger partial charge on any atom is -0.368 e. The van der Waals surface area contributed by atoms with E-state index < -0.39 is 0 Å². The fourth-order valence-electron chi connectivity index (χ4n) is 3.11. The third-order valence-corrected chi connectivity index (χ3v) is 5.22. The van der Waals surface area contributed by atoms with Crippen LogP contribution in [0.5, 0.6) is 0 Å². The van der Waals surface area contributed by atoms with E-state index in [4.69, 9.17) is 4.98 Å². The molecule has 4 aromatic rings. The number of benzene rings is 1. The van der Waals surface area contributed by atoms with E-state index >= 15 is 0 Å². The summed E-state index contributed by atoms with van der Waals surface area (Å²) in [7, 11) is 0. The fourth-order valence-corrected chi connectivity index (χ4v) is 4.05. The van der Waals surface area contributed by atoms with E-state index in [2.05, 4.69) is 70.3 Å². The number of imidazole rings is 1. The summed E-state index contributed by atoms with van der Waals surface area (Å²) in [6.07, 6.45) is 2.66. The molecule has 0 radical (unpaired) electrons. The standard InChI is InChI=1S/C19H21N5S/c1-4-9-20-17-16-19(22-11-21-17)24(12(2)3)18(23-16)14-10-25-15-8-6-5-7-13(14)15/h5-8,10-12H,4,9H2,1-3H3,(H,20,21,22). The van der Waals surface area contributed by atoms with Crippen molar-refractivity contribution in [1.82, 2.24) is 19.5 Å². The molecule has 0 spiro atoms. The Kier molecular flexibility index (Phi) is 4.13. The maximum Gasteiger partial charge on any atom is 0.166 e. The lowest BCUT2D eigenvalue weighted by Crippen LogP contribution is -2.05. The van der Waals surface area contributed by atoms with Gasteiger partial charge in [0.15, 0.2) is 17.0 Å². The van der Waals surface area contributed by atoms with Gasteiger partial charge in [0.2, 0.25) is 0 Å². The van der Waals surface area contributed by atoms with E-state index in [1.54, 1.807) is 17.7 Å². The quantitative estimate of drug-likeness (QED) is 0.543. The number of anilines is 1. The fraction of sp³-hybridized carbons (Fsp3) is 0.316. The minimum atomic E-state index is 0.257. The average molecular weight is 351 g/mol. The van der Waals surface area contributed by atoms with Gasteiger partial charge in [-0.1, -0.05) is 25.1 Å². The topological polar surface area (TPSA) is 55.6 Å². The molecular formula is C19H21N5S. The van der Waals surface area contributed by atoms with E-state index in [-0.39, 0.29) is 6.04 Å². The molecule has 0 atom stereocenters. The second-order valence-electron chi connectivity index (χ2n) is 6.37. The van der Waals surface area contributed by atoms with Gasteiger partial charge in [0.1, 0.15) is 12.2 Å². The van der Waals surface area contributed by atoms with Crippen molar-refractivity contribution < 1.29 is 0 Å². The summed E-state index contributed by atoms with van der Waals surface area (Å²) < 4.78 is 3.48. The van der Waals surface area contributed by atoms with Crippen LogP contribution in [0.1, 0.15) is 33.2 Å². The Morgan fingerprint density at radius 2 is 2.04 bits per heavy atom. The number of fused-ring (bicyclic) bond motifs is 2. The van der Waals surface area contributed by atoms with Crippen molar-refractivity contribution in [2.24, 2.45) is 0 Å². The summed E-state index contributed by atoms with van der Waals surface area (Å²) in [6.45, 7) is 7.35. The van der Waals surface area contributed by atoms with Crippen LogP contribution in [0.4, 0.5) is 5.82 Å². The first-order chi connectivity index (χ1) is 12.2. The van der Waals surface area contributed by atoms with E-state index in [9.17, 15) is 0 Å². The van der Waals surface area contributed by atoms with Gasteiger partial charge in [-0.3, -0.25) is 0 Å². The SMILES string of the molecule is CCCNc1ncnc2c1nc(-c1csc3ccccc13)n2C(C)C. The van der Waals surface area contributed by atoms with Gasteiger partial charge in [-0.05, 0) is 26.3 Å². The molecule has 3 aromatic heterocycles. The molecule has 6 heteroatoms. The molecular weight excluding hydrogens is 330 g/mol. The Hall–Kier alpha value is -2.47. The first kappa shape index (κ1) is 16.0. The number of hydrogen-bond acceptors (Lipinski definition) is 5. The molecule has 0 saturated carbocycles. The Balaban J connectivity index is 1.98. The van der Waals surface area contributed by atoms with Crippen LogP contribution < -0.4 is 5.32 Å². The summed E-state index contributed by atoms with van der Waals surface area (Å²) in [4.78, 5) is 13.9. The van der Waals surface area contributed by atoms with Crippen molar-refractivity contribution in [2.75, 3.05) is 11.9 Å². The van der Waals surface area contributed by atoms with Crippen molar-refractivity contribution in [2.45, 2.75) is 33.2 Å². The maximum atomic E-state index is 4.96. The van der Waals surface area contributed by atoms with Gasteiger partial charge < -0.3 is 9.88 Å². The highest BCUT2D eigenvalue weighted by Crippen LogP contribution is 2.36. The predicted molar refractivity (Wildman–Crippen MR) is 105 cm³/mol. The molecule has 128 valence electrons. The molecule has 0 aliphatic carbocycles. The van der Waals surface area contributed by atoms with Crippen molar-refractivity contribution in [1.29, 1.82) is 0 Å². The molecule has 25 heavy (non-hydrogen) atoms. The molecule has 0 unspecified atom stereocenters. The third kappa shape index (κ3) is 2.66. The van der Waals surface area contributed by atoms with Crippen LogP contribution in [0.2, 0.25) is 0 Å². The van der Waals surface area contributed by atoms with E-state index in [1.165, 1.54) is 10.1 Å². The minimum absolute atomic E-state index is 0.257. The Labute approximate surface area is 150 Å². The first-order valence-corrected chi connectivity index (χ1v) is 9.52. The number of nitrogens with one attached hydrogen (secondary N) is 1. The van der Waals surface area contributed by atoms with Crippen molar-refractivity contribution in [3.63, 3.8) is 0 Å². The Morgan fingerprint density at radius 1 is 1.20 bits per heavy atom. The number of hydrogen-bond donors (Lipinski definition) is 1. The van der Waals surface area contributed by atoms with Crippen LogP contribution in [0, 0.1) is 0 Å². The first-order valence-electron chi connectivity index (χ1n) is 8.64. The van der Waals surface area contributed by atoms with Gasteiger partial charge in [0, 0.05) is 33.6 Å². The number of aromatic nitrogens is 4. The molecule has 1 N–H and O–H groups in total.